The van der Waals surface area contributed by atoms with E-state index in [-0.39, 0.29) is 23.1 Å². The fourth-order valence-electron chi connectivity index (χ4n) is 7.14. The third-order valence-corrected chi connectivity index (χ3v) is 9.45. The van der Waals surface area contributed by atoms with E-state index in [1.54, 1.807) is 26.4 Å². The number of ether oxygens (including phenoxy) is 2. The van der Waals surface area contributed by atoms with Gasteiger partial charge >= 0.3 is 0 Å². The molecule has 0 saturated carbocycles. The number of benzene rings is 4. The molecule has 0 amide bonds. The van der Waals surface area contributed by atoms with Crippen molar-refractivity contribution >= 4 is 5.78 Å². The molecule has 0 aliphatic carbocycles. The van der Waals surface area contributed by atoms with E-state index in [9.17, 15) is 9.18 Å². The Morgan fingerprint density at radius 3 is 2.04 bits per heavy atom. The minimum Gasteiger partial charge on any atom is -0.493 e. The van der Waals surface area contributed by atoms with Crippen molar-refractivity contribution in [1.82, 2.24) is 5.32 Å². The molecule has 0 radical (unpaired) electrons. The maximum absolute atomic E-state index is 13.3. The third kappa shape index (κ3) is 8.01. The van der Waals surface area contributed by atoms with E-state index < -0.39 is 0 Å². The van der Waals surface area contributed by atoms with E-state index in [2.05, 4.69) is 85.0 Å². The molecule has 1 heterocycles. The minimum atomic E-state index is -0.249. The van der Waals surface area contributed by atoms with Gasteiger partial charge in [-0.25, -0.2) is 4.39 Å². The maximum atomic E-state index is 13.3. The van der Waals surface area contributed by atoms with Gasteiger partial charge in [-0.05, 0) is 97.5 Å². The van der Waals surface area contributed by atoms with Crippen molar-refractivity contribution in [2.24, 2.45) is 0 Å². The summed E-state index contributed by atoms with van der Waals surface area (Å²) in [5, 5.41) is 3.85. The van der Waals surface area contributed by atoms with Gasteiger partial charge in [0.25, 0.3) is 0 Å². The van der Waals surface area contributed by atoms with Crippen molar-refractivity contribution in [1.29, 1.82) is 0 Å². The predicted octanol–water partition coefficient (Wildman–Crippen LogP) is 8.95. The first-order valence-corrected chi connectivity index (χ1v) is 16.3. The molecular weight excluding hydrogens is 561 g/mol. The molecule has 2 unspecified atom stereocenters. The van der Waals surface area contributed by atoms with Gasteiger partial charge in [0, 0.05) is 30.3 Å². The number of rotatable bonds is 15. The second kappa shape index (κ2) is 15.4. The molecule has 0 aromatic heterocycles. The molecule has 1 aliphatic rings. The molecule has 0 saturated heterocycles. The Balaban J connectivity index is 1.34. The number of hydrogen-bond donors (Lipinski definition) is 1. The summed E-state index contributed by atoms with van der Waals surface area (Å²) in [7, 11) is 3.39. The highest BCUT2D eigenvalue weighted by Gasteiger charge is 2.34. The van der Waals surface area contributed by atoms with Crippen LogP contribution in [-0.4, -0.2) is 26.0 Å². The predicted molar refractivity (Wildman–Crippen MR) is 180 cm³/mol. The molecule has 2 atom stereocenters. The lowest BCUT2D eigenvalue weighted by atomic mass is 9.67. The number of methoxy groups -OCH3 is 2. The van der Waals surface area contributed by atoms with Crippen LogP contribution in [0.2, 0.25) is 0 Å². The summed E-state index contributed by atoms with van der Waals surface area (Å²) >= 11 is 0. The monoisotopic (exact) mass is 607 g/mol. The quantitative estimate of drug-likeness (QED) is 0.147. The minimum absolute atomic E-state index is 0.208. The summed E-state index contributed by atoms with van der Waals surface area (Å²) in [5.74, 6) is 1.56. The molecule has 4 aromatic carbocycles. The second-order valence-corrected chi connectivity index (χ2v) is 12.5. The summed E-state index contributed by atoms with van der Waals surface area (Å²) in [5.41, 5.74) is 6.00. The fraction of sp³-hybridized carbons (Fsp3) is 0.375. The van der Waals surface area contributed by atoms with Crippen LogP contribution >= 0.6 is 0 Å². The van der Waals surface area contributed by atoms with Gasteiger partial charge in [0.05, 0.1) is 14.2 Å². The topological polar surface area (TPSA) is 47.6 Å². The zero-order valence-corrected chi connectivity index (χ0v) is 26.9. The molecule has 45 heavy (non-hydrogen) atoms. The lowest BCUT2D eigenvalue weighted by Gasteiger charge is -2.37. The largest absolute Gasteiger partial charge is 0.493 e. The molecule has 1 N–H and O–H groups in total. The molecule has 236 valence electrons. The highest BCUT2D eigenvalue weighted by molar-refractivity contribution is 5.78. The van der Waals surface area contributed by atoms with Gasteiger partial charge < -0.3 is 14.8 Å². The molecule has 0 bridgehead atoms. The molecule has 5 heteroatoms. The van der Waals surface area contributed by atoms with Crippen LogP contribution in [0.1, 0.15) is 85.7 Å². The van der Waals surface area contributed by atoms with E-state index in [4.69, 9.17) is 9.47 Å². The van der Waals surface area contributed by atoms with Gasteiger partial charge in [0.1, 0.15) is 11.6 Å². The lowest BCUT2D eigenvalue weighted by Crippen LogP contribution is -2.37. The SMILES string of the molecule is COc1cc2c(cc1OC)C(CCCC(CCCC(=O)CCc1ccc(F)cc1)(c1ccccc1)c1ccccc1)NC(C)C2. The van der Waals surface area contributed by atoms with Crippen molar-refractivity contribution in [3.8, 4) is 11.5 Å². The molecule has 5 rings (SSSR count). The van der Waals surface area contributed by atoms with Crippen LogP contribution in [-0.2, 0) is 23.1 Å². The summed E-state index contributed by atoms with van der Waals surface area (Å²) in [6.45, 7) is 2.25. The first kappa shape index (κ1) is 32.4. The lowest BCUT2D eigenvalue weighted by molar-refractivity contribution is -0.119. The highest BCUT2D eigenvalue weighted by atomic mass is 19.1. The molecule has 4 aromatic rings. The molecular formula is C40H46FNO3. The number of halogens is 1. The van der Waals surface area contributed by atoms with Crippen LogP contribution in [0.25, 0.3) is 0 Å². The van der Waals surface area contributed by atoms with E-state index in [1.807, 2.05) is 0 Å². The number of Topliss-reactive ketones (excluding diaryl/α,β-unsaturated/α-hetero) is 1. The van der Waals surface area contributed by atoms with Gasteiger partial charge in [0.15, 0.2) is 11.5 Å². The van der Waals surface area contributed by atoms with Crippen LogP contribution in [0.4, 0.5) is 4.39 Å². The normalized spacial score (nSPS) is 16.2. The fourth-order valence-corrected chi connectivity index (χ4v) is 7.14. The Bertz CT molecular complexity index is 1480. The average molecular weight is 608 g/mol. The summed E-state index contributed by atoms with van der Waals surface area (Å²) < 4.78 is 24.6. The third-order valence-electron chi connectivity index (χ3n) is 9.45. The number of carbonyl (C=O) groups is 1. The van der Waals surface area contributed by atoms with Crippen LogP contribution in [0.5, 0.6) is 11.5 Å². The van der Waals surface area contributed by atoms with Gasteiger partial charge in [-0.3, -0.25) is 4.79 Å². The zero-order valence-electron chi connectivity index (χ0n) is 26.9. The number of hydrogen-bond acceptors (Lipinski definition) is 4. The smallest absolute Gasteiger partial charge is 0.161 e. The van der Waals surface area contributed by atoms with Crippen LogP contribution in [0.3, 0.4) is 0 Å². The van der Waals surface area contributed by atoms with Gasteiger partial charge in [-0.15, -0.1) is 0 Å². The number of nitrogens with one attached hydrogen (secondary N) is 1. The first-order chi connectivity index (χ1) is 21.9. The van der Waals surface area contributed by atoms with E-state index in [1.165, 1.54) is 34.4 Å². The summed E-state index contributed by atoms with van der Waals surface area (Å²) in [6.07, 6.45) is 7.30. The van der Waals surface area contributed by atoms with E-state index in [0.717, 1.165) is 55.6 Å². The Hall–Kier alpha value is -3.96. The zero-order chi connectivity index (χ0) is 31.6. The first-order valence-electron chi connectivity index (χ1n) is 16.3. The molecule has 0 spiro atoms. The number of fused-ring (bicyclic) bond motifs is 1. The van der Waals surface area contributed by atoms with Gasteiger partial charge in [-0.2, -0.15) is 0 Å². The molecule has 4 nitrogen and oxygen atoms in total. The number of ketones is 1. The summed E-state index contributed by atoms with van der Waals surface area (Å²) in [4.78, 5) is 13.0. The second-order valence-electron chi connectivity index (χ2n) is 12.5. The van der Waals surface area contributed by atoms with Crippen LogP contribution < -0.4 is 14.8 Å². The van der Waals surface area contributed by atoms with Crippen molar-refractivity contribution < 1.29 is 18.7 Å². The highest BCUT2D eigenvalue weighted by Crippen LogP contribution is 2.43. The summed E-state index contributed by atoms with van der Waals surface area (Å²) in [6, 6.07) is 33.0. The Kier molecular flexibility index (Phi) is 11.1. The van der Waals surface area contributed by atoms with Crippen molar-refractivity contribution in [3.05, 3.63) is 131 Å². The number of aryl methyl sites for hydroxylation is 1. The van der Waals surface area contributed by atoms with Gasteiger partial charge in [0.2, 0.25) is 0 Å². The Morgan fingerprint density at radius 2 is 1.42 bits per heavy atom. The van der Waals surface area contributed by atoms with Crippen molar-refractivity contribution in [3.63, 3.8) is 0 Å². The Labute approximate surface area is 268 Å². The van der Waals surface area contributed by atoms with E-state index in [0.29, 0.717) is 25.3 Å². The maximum Gasteiger partial charge on any atom is 0.161 e. The van der Waals surface area contributed by atoms with Crippen LogP contribution in [0.15, 0.2) is 97.1 Å². The molecule has 0 fully saturated rings. The van der Waals surface area contributed by atoms with Gasteiger partial charge in [-0.1, -0.05) is 79.2 Å². The standard InChI is InChI=1S/C40H46FNO3/c1-29-26-31-27-38(44-2)39(45-3)28-36(31)37(42-29)17-11-25-40(32-12-6-4-7-13-32,33-14-8-5-9-15-33)24-10-16-35(43)23-20-30-18-21-34(41)22-19-30/h4-9,12-15,18-19,21-22,27-29,37,42H,10-11,16-17,20,23-26H2,1-3H3. The molecule has 1 aliphatic heterocycles. The van der Waals surface area contributed by atoms with Crippen molar-refractivity contribution in [2.45, 2.75) is 82.2 Å². The van der Waals surface area contributed by atoms with Crippen molar-refractivity contribution in [2.75, 3.05) is 14.2 Å². The Morgan fingerprint density at radius 1 is 0.822 bits per heavy atom. The van der Waals surface area contributed by atoms with Crippen LogP contribution in [0, 0.1) is 5.82 Å². The number of carbonyl (C=O) groups excluding carboxylic acids is 1. The average Bonchev–Trinajstić information content (AvgIpc) is 3.07. The van der Waals surface area contributed by atoms with E-state index >= 15 is 0 Å².